The summed E-state index contributed by atoms with van der Waals surface area (Å²) in [6.45, 7) is 5.74. The summed E-state index contributed by atoms with van der Waals surface area (Å²) in [6, 6.07) is 5.34. The molecule has 1 aromatic rings. The topological polar surface area (TPSA) is 35.5 Å². The summed E-state index contributed by atoms with van der Waals surface area (Å²) >= 11 is 0. The van der Waals surface area contributed by atoms with Gasteiger partial charge in [-0.15, -0.1) is 0 Å². The highest BCUT2D eigenvalue weighted by Gasteiger charge is 2.33. The Morgan fingerprint density at radius 2 is 2.05 bits per heavy atom. The Labute approximate surface area is 114 Å². The van der Waals surface area contributed by atoms with Crippen LogP contribution in [0.5, 0.6) is 5.75 Å². The Balaban J connectivity index is 2.24. The van der Waals surface area contributed by atoms with Crippen molar-refractivity contribution in [2.45, 2.75) is 38.2 Å². The van der Waals surface area contributed by atoms with E-state index < -0.39 is 0 Å². The molecule has 1 fully saturated rings. The minimum absolute atomic E-state index is 0.293. The molecule has 1 aliphatic carbocycles. The predicted octanol–water partition coefficient (Wildman–Crippen LogP) is 3.83. The molecule has 0 aromatic heterocycles. The van der Waals surface area contributed by atoms with Crippen molar-refractivity contribution in [1.82, 2.24) is 0 Å². The molecule has 0 aliphatic heterocycles. The van der Waals surface area contributed by atoms with E-state index in [1.54, 1.807) is 19.3 Å². The fourth-order valence-electron chi connectivity index (χ4n) is 2.52. The minimum Gasteiger partial charge on any atom is -0.497 e. The number of rotatable bonds is 4. The van der Waals surface area contributed by atoms with Crippen LogP contribution in [0.25, 0.3) is 6.08 Å². The second-order valence-electron chi connectivity index (χ2n) is 5.20. The summed E-state index contributed by atoms with van der Waals surface area (Å²) in [7, 11) is 1.58. The Kier molecular flexibility index (Phi) is 3.93. The van der Waals surface area contributed by atoms with E-state index in [9.17, 15) is 4.79 Å². The second kappa shape index (κ2) is 5.47. The van der Waals surface area contributed by atoms with Gasteiger partial charge in [-0.25, -0.2) is 4.79 Å². The maximum Gasteiger partial charge on any atom is 0.339 e. The maximum atomic E-state index is 12.3. The summed E-state index contributed by atoms with van der Waals surface area (Å²) in [4.78, 5) is 12.3. The SMILES string of the molecule is C=Cc1ccc(OC)cc1C(=O)OC1(C)CCCC1. The van der Waals surface area contributed by atoms with Crippen molar-refractivity contribution in [3.05, 3.63) is 35.9 Å². The lowest BCUT2D eigenvalue weighted by Gasteiger charge is -2.24. The summed E-state index contributed by atoms with van der Waals surface area (Å²) < 4.78 is 10.8. The van der Waals surface area contributed by atoms with E-state index in [1.165, 1.54) is 0 Å². The molecular formula is C16H20O3. The van der Waals surface area contributed by atoms with Crippen LogP contribution in [0.2, 0.25) is 0 Å². The molecular weight excluding hydrogens is 240 g/mol. The molecule has 0 saturated heterocycles. The highest BCUT2D eigenvalue weighted by atomic mass is 16.6. The van der Waals surface area contributed by atoms with Gasteiger partial charge in [0.15, 0.2) is 0 Å². The van der Waals surface area contributed by atoms with Crippen molar-refractivity contribution >= 4 is 12.0 Å². The normalized spacial score (nSPS) is 16.9. The Morgan fingerprint density at radius 1 is 1.37 bits per heavy atom. The van der Waals surface area contributed by atoms with Gasteiger partial charge in [0, 0.05) is 0 Å². The van der Waals surface area contributed by atoms with Gasteiger partial charge in [0.25, 0.3) is 0 Å². The second-order valence-corrected chi connectivity index (χ2v) is 5.20. The molecule has 3 nitrogen and oxygen atoms in total. The van der Waals surface area contributed by atoms with E-state index in [2.05, 4.69) is 6.58 Å². The number of benzene rings is 1. The molecule has 19 heavy (non-hydrogen) atoms. The first kappa shape index (κ1) is 13.7. The van der Waals surface area contributed by atoms with Crippen LogP contribution in [0.1, 0.15) is 48.5 Å². The quantitative estimate of drug-likeness (QED) is 0.772. The van der Waals surface area contributed by atoms with Crippen LogP contribution in [0.3, 0.4) is 0 Å². The van der Waals surface area contributed by atoms with Gasteiger partial charge in [-0.05, 0) is 50.3 Å². The van der Waals surface area contributed by atoms with Crippen LogP contribution in [-0.2, 0) is 4.74 Å². The Bertz CT molecular complexity index is 485. The third-order valence-electron chi connectivity index (χ3n) is 3.70. The van der Waals surface area contributed by atoms with Crippen LogP contribution in [0.4, 0.5) is 0 Å². The summed E-state index contributed by atoms with van der Waals surface area (Å²) in [5.41, 5.74) is 0.966. The van der Waals surface area contributed by atoms with Gasteiger partial charge in [0.1, 0.15) is 11.4 Å². The lowest BCUT2D eigenvalue weighted by atomic mass is 10.0. The van der Waals surface area contributed by atoms with E-state index in [1.807, 2.05) is 19.1 Å². The van der Waals surface area contributed by atoms with Crippen LogP contribution in [-0.4, -0.2) is 18.7 Å². The molecule has 102 valence electrons. The van der Waals surface area contributed by atoms with Crippen molar-refractivity contribution in [3.63, 3.8) is 0 Å². The molecule has 0 radical (unpaired) electrons. The number of carbonyl (C=O) groups is 1. The highest BCUT2D eigenvalue weighted by Crippen LogP contribution is 2.34. The lowest BCUT2D eigenvalue weighted by molar-refractivity contribution is -0.00613. The smallest absolute Gasteiger partial charge is 0.339 e. The largest absolute Gasteiger partial charge is 0.497 e. The first-order valence-corrected chi connectivity index (χ1v) is 6.62. The van der Waals surface area contributed by atoms with Crippen LogP contribution in [0, 0.1) is 0 Å². The van der Waals surface area contributed by atoms with Gasteiger partial charge in [-0.1, -0.05) is 18.7 Å². The summed E-state index contributed by atoms with van der Waals surface area (Å²) in [6.07, 6.45) is 5.78. The zero-order chi connectivity index (χ0) is 13.9. The van der Waals surface area contributed by atoms with Gasteiger partial charge in [0.05, 0.1) is 12.7 Å². The van der Waals surface area contributed by atoms with E-state index in [0.29, 0.717) is 11.3 Å². The Morgan fingerprint density at radius 3 is 2.63 bits per heavy atom. The molecule has 0 heterocycles. The van der Waals surface area contributed by atoms with E-state index in [4.69, 9.17) is 9.47 Å². The van der Waals surface area contributed by atoms with Gasteiger partial charge < -0.3 is 9.47 Å². The van der Waals surface area contributed by atoms with Crippen molar-refractivity contribution in [2.24, 2.45) is 0 Å². The average Bonchev–Trinajstić information content (AvgIpc) is 2.84. The maximum absolute atomic E-state index is 12.3. The number of carbonyl (C=O) groups excluding carboxylic acids is 1. The number of esters is 1. The standard InChI is InChI=1S/C16H20O3/c1-4-12-7-8-13(18-3)11-14(12)15(17)19-16(2)9-5-6-10-16/h4,7-8,11H,1,5-6,9-10H2,2-3H3. The third kappa shape index (κ3) is 2.98. The molecule has 3 heteroatoms. The lowest BCUT2D eigenvalue weighted by Crippen LogP contribution is -2.28. The van der Waals surface area contributed by atoms with Crippen LogP contribution in [0.15, 0.2) is 24.8 Å². The van der Waals surface area contributed by atoms with Crippen molar-refractivity contribution in [1.29, 1.82) is 0 Å². The fourth-order valence-corrected chi connectivity index (χ4v) is 2.52. The molecule has 0 atom stereocenters. The zero-order valence-corrected chi connectivity index (χ0v) is 11.6. The molecule has 1 aromatic carbocycles. The molecule has 0 spiro atoms. The number of hydrogen-bond donors (Lipinski definition) is 0. The molecule has 0 amide bonds. The average molecular weight is 260 g/mol. The third-order valence-corrected chi connectivity index (χ3v) is 3.70. The first-order chi connectivity index (χ1) is 9.08. The Hall–Kier alpha value is -1.77. The molecule has 1 aliphatic rings. The van der Waals surface area contributed by atoms with E-state index >= 15 is 0 Å². The summed E-state index contributed by atoms with van der Waals surface area (Å²) in [5.74, 6) is 0.354. The fraction of sp³-hybridized carbons (Fsp3) is 0.438. The molecule has 0 unspecified atom stereocenters. The predicted molar refractivity (Wildman–Crippen MR) is 75.4 cm³/mol. The molecule has 2 rings (SSSR count). The monoisotopic (exact) mass is 260 g/mol. The first-order valence-electron chi connectivity index (χ1n) is 6.62. The van der Waals surface area contributed by atoms with Crippen LogP contribution >= 0.6 is 0 Å². The molecule has 1 saturated carbocycles. The molecule has 0 bridgehead atoms. The molecule has 0 N–H and O–H groups in total. The van der Waals surface area contributed by atoms with E-state index in [0.717, 1.165) is 31.2 Å². The number of methoxy groups -OCH3 is 1. The minimum atomic E-state index is -0.321. The van der Waals surface area contributed by atoms with Gasteiger partial charge in [-0.3, -0.25) is 0 Å². The highest BCUT2D eigenvalue weighted by molar-refractivity contribution is 5.94. The van der Waals surface area contributed by atoms with Gasteiger partial charge in [-0.2, -0.15) is 0 Å². The van der Waals surface area contributed by atoms with E-state index in [-0.39, 0.29) is 11.6 Å². The van der Waals surface area contributed by atoms with Crippen molar-refractivity contribution in [2.75, 3.05) is 7.11 Å². The zero-order valence-electron chi connectivity index (χ0n) is 11.6. The van der Waals surface area contributed by atoms with Gasteiger partial charge >= 0.3 is 5.97 Å². The number of hydrogen-bond acceptors (Lipinski definition) is 3. The summed E-state index contributed by atoms with van der Waals surface area (Å²) in [5, 5.41) is 0. The number of ether oxygens (including phenoxy) is 2. The van der Waals surface area contributed by atoms with Crippen molar-refractivity contribution in [3.8, 4) is 5.75 Å². The van der Waals surface area contributed by atoms with Crippen molar-refractivity contribution < 1.29 is 14.3 Å². The van der Waals surface area contributed by atoms with Gasteiger partial charge in [0.2, 0.25) is 0 Å². The van der Waals surface area contributed by atoms with Crippen LogP contribution < -0.4 is 4.74 Å².